The standard InChI is InChI=1S/C8H13NO2/c10-7(11)3-8-2-1-6(8)4-9-5-8/h6,9H,1-5H2,(H,10,11)/t6-,8-/m0/s1. The molecule has 1 aliphatic carbocycles. The molecule has 1 aliphatic heterocycles. The van der Waals surface area contributed by atoms with Crippen molar-refractivity contribution in [2.75, 3.05) is 13.1 Å². The third kappa shape index (κ3) is 0.948. The Morgan fingerprint density at radius 1 is 1.73 bits per heavy atom. The number of hydrogen-bond donors (Lipinski definition) is 2. The summed E-state index contributed by atoms with van der Waals surface area (Å²) < 4.78 is 0. The monoisotopic (exact) mass is 155 g/mol. The SMILES string of the molecule is O=C(O)C[C@]12CC[C@H]1CNC2. The first kappa shape index (κ1) is 7.10. The highest BCUT2D eigenvalue weighted by molar-refractivity contribution is 5.68. The van der Waals surface area contributed by atoms with Crippen molar-refractivity contribution in [1.29, 1.82) is 0 Å². The molecular weight excluding hydrogens is 142 g/mol. The molecule has 0 unspecified atom stereocenters. The van der Waals surface area contributed by atoms with Crippen LogP contribution in [0, 0.1) is 11.3 Å². The van der Waals surface area contributed by atoms with E-state index < -0.39 is 5.97 Å². The molecule has 2 atom stereocenters. The van der Waals surface area contributed by atoms with Crippen molar-refractivity contribution in [3.05, 3.63) is 0 Å². The fraction of sp³-hybridized carbons (Fsp3) is 0.875. The summed E-state index contributed by atoms with van der Waals surface area (Å²) in [5, 5.41) is 11.9. The van der Waals surface area contributed by atoms with Crippen molar-refractivity contribution >= 4 is 5.97 Å². The smallest absolute Gasteiger partial charge is 0.303 e. The zero-order valence-electron chi connectivity index (χ0n) is 6.47. The maximum absolute atomic E-state index is 10.5. The minimum absolute atomic E-state index is 0.145. The van der Waals surface area contributed by atoms with E-state index in [4.69, 9.17) is 5.11 Å². The van der Waals surface area contributed by atoms with Crippen molar-refractivity contribution in [2.24, 2.45) is 11.3 Å². The lowest BCUT2D eigenvalue weighted by molar-refractivity contribution is -0.142. The molecule has 0 bridgehead atoms. The molecule has 1 heterocycles. The number of carboxylic acid groups (broad SMARTS) is 1. The number of nitrogens with one attached hydrogen (secondary N) is 1. The van der Waals surface area contributed by atoms with Gasteiger partial charge in [-0.15, -0.1) is 0 Å². The van der Waals surface area contributed by atoms with E-state index in [1.165, 1.54) is 6.42 Å². The lowest BCUT2D eigenvalue weighted by Crippen LogP contribution is -2.41. The zero-order valence-corrected chi connectivity index (χ0v) is 6.47. The molecular formula is C8H13NO2. The van der Waals surface area contributed by atoms with Gasteiger partial charge in [0.2, 0.25) is 0 Å². The number of hydrogen-bond acceptors (Lipinski definition) is 2. The second-order valence-corrected chi connectivity index (χ2v) is 3.80. The van der Waals surface area contributed by atoms with Crippen molar-refractivity contribution in [1.82, 2.24) is 5.32 Å². The Bertz CT molecular complexity index is 193. The molecule has 0 amide bonds. The third-order valence-electron chi connectivity index (χ3n) is 3.23. The van der Waals surface area contributed by atoms with E-state index in [-0.39, 0.29) is 5.41 Å². The molecule has 0 aromatic rings. The van der Waals surface area contributed by atoms with Crippen molar-refractivity contribution < 1.29 is 9.90 Å². The fourth-order valence-corrected chi connectivity index (χ4v) is 2.40. The Balaban J connectivity index is 2.04. The van der Waals surface area contributed by atoms with Crippen molar-refractivity contribution in [3.8, 4) is 0 Å². The molecule has 3 heteroatoms. The molecule has 2 rings (SSSR count). The quantitative estimate of drug-likeness (QED) is 0.609. The fourth-order valence-electron chi connectivity index (χ4n) is 2.40. The van der Waals surface area contributed by atoms with Crippen LogP contribution in [0.5, 0.6) is 0 Å². The summed E-state index contributed by atoms with van der Waals surface area (Å²) in [7, 11) is 0. The number of carbonyl (C=O) groups is 1. The van der Waals surface area contributed by atoms with Gasteiger partial charge in [-0.3, -0.25) is 4.79 Å². The van der Waals surface area contributed by atoms with Gasteiger partial charge in [0.05, 0.1) is 6.42 Å². The van der Waals surface area contributed by atoms with Crippen LogP contribution in [0.4, 0.5) is 0 Å². The largest absolute Gasteiger partial charge is 0.481 e. The Morgan fingerprint density at radius 3 is 3.00 bits per heavy atom. The summed E-state index contributed by atoms with van der Waals surface area (Å²) in [4.78, 5) is 10.5. The Morgan fingerprint density at radius 2 is 2.55 bits per heavy atom. The molecule has 2 aliphatic rings. The summed E-state index contributed by atoms with van der Waals surface area (Å²) in [6.45, 7) is 1.96. The van der Waals surface area contributed by atoms with Gasteiger partial charge in [-0.1, -0.05) is 0 Å². The van der Waals surface area contributed by atoms with E-state index >= 15 is 0 Å². The Labute approximate surface area is 65.8 Å². The van der Waals surface area contributed by atoms with E-state index in [9.17, 15) is 4.79 Å². The summed E-state index contributed by atoms with van der Waals surface area (Å²) in [5.41, 5.74) is 0.145. The van der Waals surface area contributed by atoms with Crippen LogP contribution < -0.4 is 5.32 Å². The molecule has 11 heavy (non-hydrogen) atoms. The number of aliphatic carboxylic acids is 1. The predicted molar refractivity (Wildman–Crippen MR) is 40.3 cm³/mol. The molecule has 0 aromatic heterocycles. The molecule has 62 valence electrons. The zero-order chi connectivity index (χ0) is 7.90. The topological polar surface area (TPSA) is 49.3 Å². The van der Waals surface area contributed by atoms with Crippen LogP contribution in [0.1, 0.15) is 19.3 Å². The second-order valence-electron chi connectivity index (χ2n) is 3.80. The number of rotatable bonds is 2. The van der Waals surface area contributed by atoms with Gasteiger partial charge in [0.1, 0.15) is 0 Å². The maximum atomic E-state index is 10.5. The van der Waals surface area contributed by atoms with Crippen molar-refractivity contribution in [2.45, 2.75) is 19.3 Å². The predicted octanol–water partition coefficient (Wildman–Crippen LogP) is 0.461. The molecule has 2 N–H and O–H groups in total. The van der Waals surface area contributed by atoms with Crippen LogP contribution in [0.3, 0.4) is 0 Å². The average Bonchev–Trinajstić information content (AvgIpc) is 2.13. The molecule has 0 radical (unpaired) electrons. The Kier molecular flexibility index (Phi) is 1.42. The normalized spacial score (nSPS) is 41.3. The van der Waals surface area contributed by atoms with Gasteiger partial charge < -0.3 is 10.4 Å². The van der Waals surface area contributed by atoms with Crippen LogP contribution in [0.15, 0.2) is 0 Å². The highest BCUT2D eigenvalue weighted by Crippen LogP contribution is 2.51. The van der Waals surface area contributed by atoms with Crippen LogP contribution in [0.2, 0.25) is 0 Å². The second kappa shape index (κ2) is 2.21. The van der Waals surface area contributed by atoms with Gasteiger partial charge in [0, 0.05) is 6.54 Å². The van der Waals surface area contributed by atoms with E-state index in [0.29, 0.717) is 12.3 Å². The lowest BCUT2D eigenvalue weighted by Gasteiger charge is -2.43. The van der Waals surface area contributed by atoms with Gasteiger partial charge in [0.15, 0.2) is 0 Å². The first-order valence-corrected chi connectivity index (χ1v) is 4.15. The van der Waals surface area contributed by atoms with E-state index in [0.717, 1.165) is 19.5 Å². The maximum Gasteiger partial charge on any atom is 0.303 e. The van der Waals surface area contributed by atoms with Gasteiger partial charge in [-0.05, 0) is 30.7 Å². The highest BCUT2D eigenvalue weighted by atomic mass is 16.4. The van der Waals surface area contributed by atoms with E-state index in [1.54, 1.807) is 0 Å². The summed E-state index contributed by atoms with van der Waals surface area (Å²) in [6.07, 6.45) is 2.70. The molecule has 3 nitrogen and oxygen atoms in total. The first-order valence-electron chi connectivity index (χ1n) is 4.15. The lowest BCUT2D eigenvalue weighted by atomic mass is 9.60. The van der Waals surface area contributed by atoms with E-state index in [1.807, 2.05) is 0 Å². The minimum atomic E-state index is -0.640. The van der Waals surface area contributed by atoms with Crippen LogP contribution >= 0.6 is 0 Å². The number of carboxylic acids is 1. The highest BCUT2D eigenvalue weighted by Gasteiger charge is 2.50. The minimum Gasteiger partial charge on any atom is -0.481 e. The summed E-state index contributed by atoms with van der Waals surface area (Å²) in [6, 6.07) is 0. The molecule has 1 saturated carbocycles. The summed E-state index contributed by atoms with van der Waals surface area (Å²) >= 11 is 0. The van der Waals surface area contributed by atoms with Crippen LogP contribution in [-0.2, 0) is 4.79 Å². The van der Waals surface area contributed by atoms with Crippen molar-refractivity contribution in [3.63, 3.8) is 0 Å². The van der Waals surface area contributed by atoms with Crippen LogP contribution in [-0.4, -0.2) is 24.2 Å². The molecule has 0 spiro atoms. The Hall–Kier alpha value is -0.570. The molecule has 2 fully saturated rings. The molecule has 1 saturated heterocycles. The first-order chi connectivity index (χ1) is 5.23. The van der Waals surface area contributed by atoms with Crippen LogP contribution in [0.25, 0.3) is 0 Å². The van der Waals surface area contributed by atoms with Gasteiger partial charge in [-0.25, -0.2) is 0 Å². The third-order valence-corrected chi connectivity index (χ3v) is 3.23. The average molecular weight is 155 g/mol. The van der Waals surface area contributed by atoms with Gasteiger partial charge in [-0.2, -0.15) is 0 Å². The molecule has 0 aromatic carbocycles. The van der Waals surface area contributed by atoms with E-state index in [2.05, 4.69) is 5.32 Å². The van der Waals surface area contributed by atoms with Gasteiger partial charge >= 0.3 is 5.97 Å². The number of fused-ring (bicyclic) bond motifs is 1. The van der Waals surface area contributed by atoms with Gasteiger partial charge in [0.25, 0.3) is 0 Å². The summed E-state index contributed by atoms with van der Waals surface area (Å²) in [5.74, 6) is 0.0111.